The third-order valence-corrected chi connectivity index (χ3v) is 5.77. The summed E-state index contributed by atoms with van der Waals surface area (Å²) in [6, 6.07) is 8.87. The van der Waals surface area contributed by atoms with E-state index in [2.05, 4.69) is 69.7 Å². The van der Waals surface area contributed by atoms with Crippen molar-refractivity contribution in [1.29, 1.82) is 0 Å². The summed E-state index contributed by atoms with van der Waals surface area (Å²) in [5, 5.41) is 0. The van der Waals surface area contributed by atoms with E-state index in [0.29, 0.717) is 5.92 Å². The molecule has 2 rings (SSSR count). The molecule has 136 valence electrons. The van der Waals surface area contributed by atoms with Crippen molar-refractivity contribution in [2.24, 2.45) is 5.92 Å². The van der Waals surface area contributed by atoms with Crippen LogP contribution in [0.25, 0.3) is 0 Å². The molecule has 1 aromatic rings. The third-order valence-electron chi connectivity index (χ3n) is 5.77. The van der Waals surface area contributed by atoms with Crippen LogP contribution >= 0.6 is 0 Å². The van der Waals surface area contributed by atoms with Crippen LogP contribution in [0.4, 0.5) is 0 Å². The van der Waals surface area contributed by atoms with E-state index >= 15 is 0 Å². The largest absolute Gasteiger partial charge is 0.364 e. The number of benzene rings is 1. The van der Waals surface area contributed by atoms with Gasteiger partial charge >= 0.3 is 0 Å². The second-order valence-corrected chi connectivity index (χ2v) is 7.98. The van der Waals surface area contributed by atoms with Crippen LogP contribution in [-0.4, -0.2) is 10.4 Å². The van der Waals surface area contributed by atoms with E-state index in [1.165, 1.54) is 54.4 Å². The lowest BCUT2D eigenvalue weighted by Gasteiger charge is -2.49. The molecule has 0 N–H and O–H groups in total. The van der Waals surface area contributed by atoms with Gasteiger partial charge in [-0.3, -0.25) is 0 Å². The number of rotatable bonds is 8. The number of hydrogen-bond donors (Lipinski definition) is 0. The van der Waals surface area contributed by atoms with Gasteiger partial charge in [-0.25, -0.2) is 0 Å². The second-order valence-electron chi connectivity index (χ2n) is 7.98. The number of nitrogens with zero attached hydrogens (tertiary/aromatic N) is 1. The van der Waals surface area contributed by atoms with Gasteiger partial charge < -0.3 is 4.90 Å². The van der Waals surface area contributed by atoms with Crippen LogP contribution in [0, 0.1) is 12.8 Å². The smallest absolute Gasteiger partial charge is 0.0611 e. The Labute approximate surface area is 155 Å². The first-order valence-corrected chi connectivity index (χ1v) is 9.67. The van der Waals surface area contributed by atoms with Crippen LogP contribution in [0.3, 0.4) is 0 Å². The Bertz CT molecular complexity index is 601. The maximum absolute atomic E-state index is 4.60. The van der Waals surface area contributed by atoms with Gasteiger partial charge in [0.2, 0.25) is 0 Å². The minimum absolute atomic E-state index is 0.0414. The van der Waals surface area contributed by atoms with Crippen molar-refractivity contribution < 1.29 is 0 Å². The van der Waals surface area contributed by atoms with Crippen molar-refractivity contribution in [2.45, 2.75) is 71.4 Å². The van der Waals surface area contributed by atoms with Gasteiger partial charge in [-0.2, -0.15) is 0 Å². The SMILES string of the molecule is C=CN(Cc1ccc(C)cc1)C1(C(=C)C(C)CC(=C)C)CCCCC1. The molecule has 1 saturated carbocycles. The van der Waals surface area contributed by atoms with E-state index in [0.717, 1.165) is 13.0 Å². The molecule has 1 nitrogen and oxygen atoms in total. The predicted octanol–water partition coefficient (Wildman–Crippen LogP) is 6.80. The molecule has 0 aromatic heterocycles. The van der Waals surface area contributed by atoms with E-state index in [4.69, 9.17) is 0 Å². The van der Waals surface area contributed by atoms with Crippen LogP contribution in [0.2, 0.25) is 0 Å². The fourth-order valence-electron chi connectivity index (χ4n) is 4.31. The average molecular weight is 338 g/mol. The first kappa shape index (κ1) is 19.6. The Balaban J connectivity index is 2.29. The minimum Gasteiger partial charge on any atom is -0.364 e. The first-order valence-electron chi connectivity index (χ1n) is 9.67. The van der Waals surface area contributed by atoms with Crippen molar-refractivity contribution in [3.05, 3.63) is 72.5 Å². The first-order chi connectivity index (χ1) is 11.9. The van der Waals surface area contributed by atoms with Gasteiger partial charge in [0.05, 0.1) is 5.54 Å². The summed E-state index contributed by atoms with van der Waals surface area (Å²) in [6.45, 7) is 20.3. The van der Waals surface area contributed by atoms with Crippen LogP contribution < -0.4 is 0 Å². The Kier molecular flexibility index (Phi) is 6.70. The molecule has 0 radical (unpaired) electrons. The molecule has 1 unspecified atom stereocenters. The molecule has 1 aromatic carbocycles. The van der Waals surface area contributed by atoms with Crippen LogP contribution in [0.1, 0.15) is 63.5 Å². The molecule has 0 aliphatic heterocycles. The summed E-state index contributed by atoms with van der Waals surface area (Å²) in [4.78, 5) is 2.47. The van der Waals surface area contributed by atoms with Crippen molar-refractivity contribution >= 4 is 0 Å². The number of hydrogen-bond acceptors (Lipinski definition) is 1. The summed E-state index contributed by atoms with van der Waals surface area (Å²) in [6.07, 6.45) is 9.32. The highest BCUT2D eigenvalue weighted by Crippen LogP contribution is 2.43. The van der Waals surface area contributed by atoms with E-state index in [1.807, 2.05) is 6.20 Å². The van der Waals surface area contributed by atoms with E-state index < -0.39 is 0 Å². The molecule has 1 fully saturated rings. The lowest BCUT2D eigenvalue weighted by molar-refractivity contribution is 0.115. The summed E-state index contributed by atoms with van der Waals surface area (Å²) >= 11 is 0. The molecule has 0 saturated heterocycles. The molecule has 0 spiro atoms. The number of aryl methyl sites for hydroxylation is 1. The molecule has 25 heavy (non-hydrogen) atoms. The fraction of sp³-hybridized carbons (Fsp3) is 0.500. The maximum atomic E-state index is 4.60. The fourth-order valence-corrected chi connectivity index (χ4v) is 4.31. The second kappa shape index (κ2) is 8.56. The standard InChI is InChI=1S/C24H35N/c1-7-25(18-23-13-11-20(4)12-14-23)24(15-9-8-10-16-24)22(6)21(5)17-19(2)3/h7,11-14,21H,1-2,6,8-10,15-18H2,3-5H3. The van der Waals surface area contributed by atoms with Crippen molar-refractivity contribution in [3.8, 4) is 0 Å². The Hall–Kier alpha value is -1.76. The monoisotopic (exact) mass is 337 g/mol. The molecule has 1 heteroatoms. The van der Waals surface area contributed by atoms with Crippen molar-refractivity contribution in [3.63, 3.8) is 0 Å². The van der Waals surface area contributed by atoms with Gasteiger partial charge in [0, 0.05) is 6.54 Å². The summed E-state index contributed by atoms with van der Waals surface area (Å²) in [5.74, 6) is 0.455. The maximum Gasteiger partial charge on any atom is 0.0611 e. The Morgan fingerprint density at radius 3 is 2.28 bits per heavy atom. The van der Waals surface area contributed by atoms with Gasteiger partial charge in [0.1, 0.15) is 0 Å². The quantitative estimate of drug-likeness (QED) is 0.471. The average Bonchev–Trinajstić information content (AvgIpc) is 2.60. The summed E-state index contributed by atoms with van der Waals surface area (Å²) in [7, 11) is 0. The van der Waals surface area contributed by atoms with Gasteiger partial charge in [0.25, 0.3) is 0 Å². The van der Waals surface area contributed by atoms with E-state index in [-0.39, 0.29) is 5.54 Å². The lowest BCUT2D eigenvalue weighted by atomic mass is 9.70. The molecular weight excluding hydrogens is 302 g/mol. The highest BCUT2D eigenvalue weighted by Gasteiger charge is 2.40. The van der Waals surface area contributed by atoms with E-state index in [9.17, 15) is 0 Å². The van der Waals surface area contributed by atoms with Gasteiger partial charge in [-0.1, -0.05) is 74.7 Å². The van der Waals surface area contributed by atoms with Crippen molar-refractivity contribution in [1.82, 2.24) is 4.90 Å². The van der Waals surface area contributed by atoms with Gasteiger partial charge in [0.15, 0.2) is 0 Å². The Morgan fingerprint density at radius 1 is 1.16 bits per heavy atom. The zero-order valence-corrected chi connectivity index (χ0v) is 16.5. The van der Waals surface area contributed by atoms with Crippen LogP contribution in [0.15, 0.2) is 61.3 Å². The van der Waals surface area contributed by atoms with Gasteiger partial charge in [-0.05, 0) is 56.4 Å². The zero-order chi connectivity index (χ0) is 18.4. The highest BCUT2D eigenvalue weighted by molar-refractivity contribution is 5.26. The van der Waals surface area contributed by atoms with Crippen LogP contribution in [0.5, 0.6) is 0 Å². The van der Waals surface area contributed by atoms with Crippen LogP contribution in [-0.2, 0) is 6.54 Å². The predicted molar refractivity (Wildman–Crippen MR) is 110 cm³/mol. The highest BCUT2D eigenvalue weighted by atomic mass is 15.2. The molecule has 1 atom stereocenters. The van der Waals surface area contributed by atoms with Gasteiger partial charge in [-0.15, -0.1) is 6.58 Å². The molecule has 1 aliphatic carbocycles. The molecule has 1 aliphatic rings. The number of allylic oxidation sites excluding steroid dienone is 1. The van der Waals surface area contributed by atoms with Crippen molar-refractivity contribution in [2.75, 3.05) is 0 Å². The molecule has 0 amide bonds. The lowest BCUT2D eigenvalue weighted by Crippen LogP contribution is -2.49. The molecular formula is C24H35N. The Morgan fingerprint density at radius 2 is 1.76 bits per heavy atom. The van der Waals surface area contributed by atoms with E-state index in [1.54, 1.807) is 0 Å². The normalized spacial score (nSPS) is 17.6. The topological polar surface area (TPSA) is 3.24 Å². The molecule has 0 bridgehead atoms. The summed E-state index contributed by atoms with van der Waals surface area (Å²) in [5.41, 5.74) is 5.29. The minimum atomic E-state index is 0.0414. The molecule has 0 heterocycles. The third kappa shape index (κ3) is 4.66. The summed E-state index contributed by atoms with van der Waals surface area (Å²) < 4.78 is 0. The zero-order valence-electron chi connectivity index (χ0n) is 16.5.